The number of nitrogens with zero attached hydrogens (tertiary/aromatic N) is 2. The first-order chi connectivity index (χ1) is 10.1. The summed E-state index contributed by atoms with van der Waals surface area (Å²) in [6, 6.07) is 4.32. The van der Waals surface area contributed by atoms with Gasteiger partial charge >= 0.3 is 11.7 Å². The number of ether oxygens (including phenoxy) is 2. The molecular weight excluding hydrogens is 276 g/mol. The van der Waals surface area contributed by atoms with Crippen LogP contribution in [0.2, 0.25) is 0 Å². The summed E-state index contributed by atoms with van der Waals surface area (Å²) in [7, 11) is 1.36. The Morgan fingerprint density at radius 1 is 1.52 bits per heavy atom. The molecule has 1 aliphatic rings. The number of rotatable bonds is 5. The van der Waals surface area contributed by atoms with E-state index in [1.165, 1.54) is 13.2 Å². The second-order valence-electron chi connectivity index (χ2n) is 4.72. The van der Waals surface area contributed by atoms with Crippen molar-refractivity contribution < 1.29 is 19.2 Å². The van der Waals surface area contributed by atoms with Gasteiger partial charge in [0.25, 0.3) is 0 Å². The maximum Gasteiger partial charge on any atom is 0.328 e. The molecule has 1 heterocycles. The second kappa shape index (κ2) is 6.43. The van der Waals surface area contributed by atoms with Gasteiger partial charge in [-0.3, -0.25) is 10.1 Å². The minimum Gasteiger partial charge on any atom is -0.487 e. The predicted octanol–water partition coefficient (Wildman–Crippen LogP) is 2.14. The van der Waals surface area contributed by atoms with Gasteiger partial charge in [0.05, 0.1) is 18.6 Å². The number of carbonyl (C=O) groups is 1. The van der Waals surface area contributed by atoms with Crippen LogP contribution in [0.25, 0.3) is 0 Å². The summed E-state index contributed by atoms with van der Waals surface area (Å²) in [6.45, 7) is 2.82. The lowest BCUT2D eigenvalue weighted by Crippen LogP contribution is -2.36. The molecule has 0 aromatic heterocycles. The lowest BCUT2D eigenvalue weighted by molar-refractivity contribution is -0.385. The molecule has 21 heavy (non-hydrogen) atoms. The lowest BCUT2D eigenvalue weighted by Gasteiger charge is -2.25. The Morgan fingerprint density at radius 3 is 2.90 bits per heavy atom. The first kappa shape index (κ1) is 15.1. The molecule has 7 heteroatoms. The van der Waals surface area contributed by atoms with E-state index in [1.54, 1.807) is 19.1 Å². The van der Waals surface area contributed by atoms with Gasteiger partial charge in [0.2, 0.25) is 0 Å². The Labute approximate surface area is 122 Å². The number of benzene rings is 1. The smallest absolute Gasteiger partial charge is 0.328 e. The van der Waals surface area contributed by atoms with Crippen LogP contribution in [-0.4, -0.2) is 37.2 Å². The highest BCUT2D eigenvalue weighted by Crippen LogP contribution is 2.34. The van der Waals surface area contributed by atoms with E-state index in [-0.39, 0.29) is 23.4 Å². The number of nitro benzene ring substituents is 1. The van der Waals surface area contributed by atoms with Crippen molar-refractivity contribution in [3.05, 3.63) is 28.3 Å². The lowest BCUT2D eigenvalue weighted by atomic mass is 10.2. The number of nitro groups is 1. The predicted molar refractivity (Wildman–Crippen MR) is 76.6 cm³/mol. The van der Waals surface area contributed by atoms with E-state index in [0.29, 0.717) is 19.6 Å². The molecule has 1 aromatic carbocycles. The second-order valence-corrected chi connectivity index (χ2v) is 4.72. The summed E-state index contributed by atoms with van der Waals surface area (Å²) in [5, 5.41) is 11.0. The van der Waals surface area contributed by atoms with Gasteiger partial charge in [-0.1, -0.05) is 0 Å². The molecular formula is C14H18N2O5. The Kier molecular flexibility index (Phi) is 4.62. The van der Waals surface area contributed by atoms with Gasteiger partial charge in [0.1, 0.15) is 6.04 Å². The zero-order valence-corrected chi connectivity index (χ0v) is 12.1. The number of anilines is 1. The summed E-state index contributed by atoms with van der Waals surface area (Å²) in [5.74, 6) is -0.0701. The average Bonchev–Trinajstić information content (AvgIpc) is 2.95. The number of esters is 1. The molecule has 1 aromatic rings. The van der Waals surface area contributed by atoms with Crippen molar-refractivity contribution in [2.45, 2.75) is 25.8 Å². The summed E-state index contributed by atoms with van der Waals surface area (Å²) in [4.78, 5) is 24.2. The molecule has 0 amide bonds. The van der Waals surface area contributed by atoms with Crippen LogP contribution in [0, 0.1) is 10.1 Å². The van der Waals surface area contributed by atoms with E-state index >= 15 is 0 Å². The van der Waals surface area contributed by atoms with Crippen molar-refractivity contribution in [3.8, 4) is 5.75 Å². The van der Waals surface area contributed by atoms with Crippen LogP contribution in [0.3, 0.4) is 0 Å². The van der Waals surface area contributed by atoms with Gasteiger partial charge in [-0.15, -0.1) is 0 Å². The topological polar surface area (TPSA) is 81.9 Å². The third-order valence-electron chi connectivity index (χ3n) is 3.50. The Hall–Kier alpha value is -2.31. The molecule has 0 spiro atoms. The summed E-state index contributed by atoms with van der Waals surface area (Å²) >= 11 is 0. The number of carbonyl (C=O) groups excluding carboxylic acids is 1. The van der Waals surface area contributed by atoms with Crippen molar-refractivity contribution in [2.75, 3.05) is 25.2 Å². The van der Waals surface area contributed by atoms with Crippen molar-refractivity contribution in [3.63, 3.8) is 0 Å². The molecule has 0 N–H and O–H groups in total. The molecule has 1 unspecified atom stereocenters. The van der Waals surface area contributed by atoms with Gasteiger partial charge in [0.15, 0.2) is 5.75 Å². The normalized spacial score (nSPS) is 17.6. The van der Waals surface area contributed by atoms with E-state index in [4.69, 9.17) is 9.47 Å². The molecule has 0 bridgehead atoms. The fraction of sp³-hybridized carbons (Fsp3) is 0.500. The maximum atomic E-state index is 11.8. The first-order valence-corrected chi connectivity index (χ1v) is 6.84. The maximum absolute atomic E-state index is 11.8. The van der Waals surface area contributed by atoms with Crippen LogP contribution >= 0.6 is 0 Å². The summed E-state index contributed by atoms with van der Waals surface area (Å²) in [6.07, 6.45) is 1.59. The Morgan fingerprint density at radius 2 is 2.29 bits per heavy atom. The molecule has 1 fully saturated rings. The highest BCUT2D eigenvalue weighted by molar-refractivity contribution is 5.81. The highest BCUT2D eigenvalue weighted by atomic mass is 16.6. The molecule has 2 rings (SSSR count). The van der Waals surface area contributed by atoms with Crippen molar-refractivity contribution in [1.29, 1.82) is 0 Å². The first-order valence-electron chi connectivity index (χ1n) is 6.84. The number of hydrogen-bond donors (Lipinski definition) is 0. The molecule has 0 radical (unpaired) electrons. The minimum atomic E-state index is -0.476. The van der Waals surface area contributed by atoms with Gasteiger partial charge < -0.3 is 14.4 Å². The molecule has 1 atom stereocenters. The molecule has 0 saturated carbocycles. The van der Waals surface area contributed by atoms with Crippen LogP contribution in [0.4, 0.5) is 11.4 Å². The van der Waals surface area contributed by atoms with Crippen molar-refractivity contribution >= 4 is 17.3 Å². The van der Waals surface area contributed by atoms with E-state index in [9.17, 15) is 14.9 Å². The quantitative estimate of drug-likeness (QED) is 0.470. The monoisotopic (exact) mass is 294 g/mol. The number of hydrogen-bond acceptors (Lipinski definition) is 6. The fourth-order valence-corrected chi connectivity index (χ4v) is 2.56. The zero-order chi connectivity index (χ0) is 15.4. The van der Waals surface area contributed by atoms with Crippen molar-refractivity contribution in [1.82, 2.24) is 0 Å². The molecule has 7 nitrogen and oxygen atoms in total. The van der Waals surface area contributed by atoms with Crippen molar-refractivity contribution in [2.24, 2.45) is 0 Å². The SMILES string of the molecule is CCOc1cc(N2CCCC2C(=O)OC)ccc1[N+](=O)[O-]. The van der Waals surface area contributed by atoms with Crippen LogP contribution in [0.5, 0.6) is 5.75 Å². The number of methoxy groups -OCH3 is 1. The highest BCUT2D eigenvalue weighted by Gasteiger charge is 2.32. The zero-order valence-electron chi connectivity index (χ0n) is 12.1. The third kappa shape index (κ3) is 3.07. The Bertz CT molecular complexity index is 546. The largest absolute Gasteiger partial charge is 0.487 e. The fourth-order valence-electron chi connectivity index (χ4n) is 2.56. The molecule has 1 aliphatic heterocycles. The van der Waals surface area contributed by atoms with E-state index in [0.717, 1.165) is 12.1 Å². The van der Waals surface area contributed by atoms with E-state index in [1.807, 2.05) is 4.90 Å². The van der Waals surface area contributed by atoms with E-state index in [2.05, 4.69) is 0 Å². The van der Waals surface area contributed by atoms with Gasteiger partial charge in [-0.05, 0) is 25.8 Å². The van der Waals surface area contributed by atoms with Crippen LogP contribution < -0.4 is 9.64 Å². The van der Waals surface area contributed by atoms with Crippen LogP contribution in [-0.2, 0) is 9.53 Å². The average molecular weight is 294 g/mol. The third-order valence-corrected chi connectivity index (χ3v) is 3.50. The molecule has 114 valence electrons. The van der Waals surface area contributed by atoms with Gasteiger partial charge in [-0.2, -0.15) is 0 Å². The molecule has 1 saturated heterocycles. The van der Waals surface area contributed by atoms with Crippen LogP contribution in [0.1, 0.15) is 19.8 Å². The summed E-state index contributed by atoms with van der Waals surface area (Å²) in [5.41, 5.74) is 0.659. The van der Waals surface area contributed by atoms with E-state index < -0.39 is 4.92 Å². The molecule has 0 aliphatic carbocycles. The minimum absolute atomic E-state index is 0.0746. The van der Waals surface area contributed by atoms with Gasteiger partial charge in [0, 0.05) is 24.4 Å². The standard InChI is InChI=1S/C14H18N2O5/c1-3-21-13-9-10(6-7-11(13)16(18)19)15-8-4-5-12(15)14(17)20-2/h6-7,9,12H,3-5,8H2,1-2H3. The summed E-state index contributed by atoms with van der Waals surface area (Å²) < 4.78 is 10.1. The van der Waals surface area contributed by atoms with Crippen LogP contribution in [0.15, 0.2) is 18.2 Å². The van der Waals surface area contributed by atoms with Gasteiger partial charge in [-0.25, -0.2) is 4.79 Å². The Balaban J connectivity index is 2.33.